The molecule has 0 aromatic heterocycles. The number of ether oxygens (including phenoxy) is 1. The summed E-state index contributed by atoms with van der Waals surface area (Å²) < 4.78 is 5.19. The highest BCUT2D eigenvalue weighted by Crippen LogP contribution is 2.32. The van der Waals surface area contributed by atoms with Gasteiger partial charge in [0, 0.05) is 26.1 Å². The molecule has 2 fully saturated rings. The zero-order valence-electron chi connectivity index (χ0n) is 16.9. The first-order valence-electron chi connectivity index (χ1n) is 10.4. The van der Waals surface area contributed by atoms with Gasteiger partial charge in [-0.2, -0.15) is 0 Å². The third kappa shape index (κ3) is 4.44. The Labute approximate surface area is 172 Å². The quantitative estimate of drug-likeness (QED) is 0.785. The summed E-state index contributed by atoms with van der Waals surface area (Å²) in [4.78, 5) is 29.7. The molecule has 2 aromatic rings. The monoisotopic (exact) mass is 392 g/mol. The summed E-state index contributed by atoms with van der Waals surface area (Å²) in [5.74, 6) is 1.51. The fourth-order valence-corrected chi connectivity index (χ4v) is 4.55. The van der Waals surface area contributed by atoms with Gasteiger partial charge in [-0.25, -0.2) is 0 Å². The van der Waals surface area contributed by atoms with E-state index in [1.807, 2.05) is 52.3 Å². The van der Waals surface area contributed by atoms with Gasteiger partial charge in [-0.05, 0) is 42.0 Å². The molecule has 5 nitrogen and oxygen atoms in total. The molecule has 0 saturated carbocycles. The van der Waals surface area contributed by atoms with E-state index in [1.54, 1.807) is 7.11 Å². The Morgan fingerprint density at radius 3 is 2.52 bits per heavy atom. The van der Waals surface area contributed by atoms with E-state index in [-0.39, 0.29) is 17.9 Å². The lowest BCUT2D eigenvalue weighted by Crippen LogP contribution is -2.43. The first-order chi connectivity index (χ1) is 14.1. The Morgan fingerprint density at radius 1 is 1.03 bits per heavy atom. The third-order valence-corrected chi connectivity index (χ3v) is 6.16. The van der Waals surface area contributed by atoms with Gasteiger partial charge in [0.25, 0.3) is 0 Å². The number of amides is 2. The number of benzene rings is 2. The van der Waals surface area contributed by atoms with Gasteiger partial charge in [-0.15, -0.1) is 0 Å². The highest BCUT2D eigenvalue weighted by molar-refractivity contribution is 5.80. The van der Waals surface area contributed by atoms with E-state index in [0.717, 1.165) is 36.3 Å². The van der Waals surface area contributed by atoms with Crippen molar-refractivity contribution in [3.8, 4) is 5.75 Å². The number of carbonyl (C=O) groups is 2. The Morgan fingerprint density at radius 2 is 1.79 bits per heavy atom. The van der Waals surface area contributed by atoms with E-state index < -0.39 is 0 Å². The van der Waals surface area contributed by atoms with Crippen molar-refractivity contribution in [2.75, 3.05) is 20.2 Å². The second-order valence-electron chi connectivity index (χ2n) is 8.05. The molecular formula is C24H28N2O3. The van der Waals surface area contributed by atoms with Crippen LogP contribution in [-0.4, -0.2) is 47.9 Å². The summed E-state index contributed by atoms with van der Waals surface area (Å²) in [6.07, 6.45) is 2.91. The van der Waals surface area contributed by atoms with Crippen molar-refractivity contribution in [2.24, 2.45) is 5.92 Å². The Bertz CT molecular complexity index is 850. The minimum Gasteiger partial charge on any atom is -0.497 e. The minimum absolute atomic E-state index is 0.116. The van der Waals surface area contributed by atoms with Crippen LogP contribution in [0, 0.1) is 5.92 Å². The normalized spacial score (nSPS) is 21.6. The number of carbonyl (C=O) groups excluding carboxylic acids is 2. The maximum Gasteiger partial charge on any atom is 0.227 e. The van der Waals surface area contributed by atoms with Crippen LogP contribution >= 0.6 is 0 Å². The summed E-state index contributed by atoms with van der Waals surface area (Å²) in [6, 6.07) is 17.9. The van der Waals surface area contributed by atoms with E-state index in [4.69, 9.17) is 4.74 Å². The van der Waals surface area contributed by atoms with Crippen LogP contribution in [0.5, 0.6) is 5.75 Å². The molecule has 2 aromatic carbocycles. The predicted molar refractivity (Wildman–Crippen MR) is 111 cm³/mol. The van der Waals surface area contributed by atoms with E-state index >= 15 is 0 Å². The molecule has 4 rings (SSSR count). The maximum atomic E-state index is 12.9. The van der Waals surface area contributed by atoms with Gasteiger partial charge in [-0.1, -0.05) is 42.5 Å². The lowest BCUT2D eigenvalue weighted by atomic mass is 9.98. The molecule has 2 saturated heterocycles. The molecule has 0 unspecified atom stereocenters. The van der Waals surface area contributed by atoms with Gasteiger partial charge in [0.2, 0.25) is 11.8 Å². The first-order valence-corrected chi connectivity index (χ1v) is 10.4. The molecule has 29 heavy (non-hydrogen) atoms. The van der Waals surface area contributed by atoms with Gasteiger partial charge in [0.05, 0.1) is 19.6 Å². The van der Waals surface area contributed by atoms with Gasteiger partial charge in [0.1, 0.15) is 5.75 Å². The summed E-state index contributed by atoms with van der Waals surface area (Å²) in [7, 11) is 1.64. The Hall–Kier alpha value is -2.82. The molecule has 0 aliphatic carbocycles. The van der Waals surface area contributed by atoms with Crippen molar-refractivity contribution in [2.45, 2.75) is 38.3 Å². The molecule has 152 valence electrons. The van der Waals surface area contributed by atoms with Gasteiger partial charge in [0.15, 0.2) is 0 Å². The SMILES string of the molecule is COc1ccc(CC(=O)N2C[C@H]3CCCC(=O)N(Cc4ccccc4)[C@H]3C2)cc1. The third-order valence-electron chi connectivity index (χ3n) is 6.16. The van der Waals surface area contributed by atoms with Crippen molar-refractivity contribution in [3.05, 3.63) is 65.7 Å². The van der Waals surface area contributed by atoms with E-state index in [9.17, 15) is 9.59 Å². The van der Waals surface area contributed by atoms with Crippen LogP contribution in [0.4, 0.5) is 0 Å². The molecule has 5 heteroatoms. The molecule has 2 amide bonds. The molecule has 2 atom stereocenters. The Kier molecular flexibility index (Phi) is 5.84. The average Bonchev–Trinajstić information content (AvgIpc) is 3.11. The molecule has 0 bridgehead atoms. The van der Waals surface area contributed by atoms with Crippen LogP contribution < -0.4 is 4.74 Å². The number of hydrogen-bond donors (Lipinski definition) is 0. The van der Waals surface area contributed by atoms with Crippen molar-refractivity contribution in [1.29, 1.82) is 0 Å². The smallest absolute Gasteiger partial charge is 0.227 e. The van der Waals surface area contributed by atoms with Crippen molar-refractivity contribution in [3.63, 3.8) is 0 Å². The Balaban J connectivity index is 1.45. The maximum absolute atomic E-state index is 12.9. The van der Waals surface area contributed by atoms with E-state index in [0.29, 0.717) is 31.8 Å². The summed E-state index contributed by atoms with van der Waals surface area (Å²) in [5, 5.41) is 0. The largest absolute Gasteiger partial charge is 0.497 e. The molecule has 2 aliphatic rings. The zero-order valence-corrected chi connectivity index (χ0v) is 16.9. The number of rotatable bonds is 5. The van der Waals surface area contributed by atoms with Crippen molar-refractivity contribution in [1.82, 2.24) is 9.80 Å². The molecular weight excluding hydrogens is 364 g/mol. The topological polar surface area (TPSA) is 49.9 Å². The number of fused-ring (bicyclic) bond motifs is 1. The van der Waals surface area contributed by atoms with Crippen molar-refractivity contribution >= 4 is 11.8 Å². The van der Waals surface area contributed by atoms with Crippen LogP contribution in [0.3, 0.4) is 0 Å². The highest BCUT2D eigenvalue weighted by atomic mass is 16.5. The summed E-state index contributed by atoms with van der Waals surface area (Å²) in [6.45, 7) is 2.01. The molecule has 0 spiro atoms. The second kappa shape index (κ2) is 8.68. The highest BCUT2D eigenvalue weighted by Gasteiger charge is 2.41. The molecule has 2 heterocycles. The fraction of sp³-hybridized carbons (Fsp3) is 0.417. The van der Waals surface area contributed by atoms with Crippen LogP contribution in [0.1, 0.15) is 30.4 Å². The van der Waals surface area contributed by atoms with Crippen LogP contribution in [-0.2, 0) is 22.6 Å². The van der Waals surface area contributed by atoms with Gasteiger partial charge < -0.3 is 14.5 Å². The van der Waals surface area contributed by atoms with Gasteiger partial charge in [-0.3, -0.25) is 9.59 Å². The number of hydrogen-bond acceptors (Lipinski definition) is 3. The number of nitrogens with zero attached hydrogens (tertiary/aromatic N) is 2. The summed E-state index contributed by atoms with van der Waals surface area (Å²) >= 11 is 0. The standard InChI is InChI=1S/C24H28N2O3/c1-29-21-12-10-18(11-13-21)14-24(28)25-16-20-8-5-9-23(27)26(22(20)17-25)15-19-6-3-2-4-7-19/h2-4,6-7,10-13,20,22H,5,8-9,14-17H2,1H3/t20-,22+/m1/s1. The number of likely N-dealkylation sites (tertiary alicyclic amines) is 2. The molecule has 0 N–H and O–H groups in total. The lowest BCUT2D eigenvalue weighted by Gasteiger charge is -2.30. The van der Waals surface area contributed by atoms with Crippen LogP contribution in [0.15, 0.2) is 54.6 Å². The van der Waals surface area contributed by atoms with Crippen LogP contribution in [0.25, 0.3) is 0 Å². The molecule has 2 aliphatic heterocycles. The predicted octanol–water partition coefficient (Wildman–Crippen LogP) is 3.28. The summed E-state index contributed by atoms with van der Waals surface area (Å²) in [5.41, 5.74) is 2.13. The first kappa shape index (κ1) is 19.5. The average molecular weight is 392 g/mol. The molecule has 0 radical (unpaired) electrons. The second-order valence-corrected chi connectivity index (χ2v) is 8.05. The lowest BCUT2D eigenvalue weighted by molar-refractivity contribution is -0.135. The zero-order chi connectivity index (χ0) is 20.2. The van der Waals surface area contributed by atoms with Crippen molar-refractivity contribution < 1.29 is 14.3 Å². The fourth-order valence-electron chi connectivity index (χ4n) is 4.55. The van der Waals surface area contributed by atoms with Gasteiger partial charge >= 0.3 is 0 Å². The van der Waals surface area contributed by atoms with E-state index in [1.165, 1.54) is 0 Å². The van der Waals surface area contributed by atoms with Crippen LogP contribution in [0.2, 0.25) is 0 Å². The van der Waals surface area contributed by atoms with E-state index in [2.05, 4.69) is 12.1 Å². The number of methoxy groups -OCH3 is 1. The minimum atomic E-state index is 0.116.